The summed E-state index contributed by atoms with van der Waals surface area (Å²) >= 11 is 0. The molecule has 0 aromatic rings. The lowest BCUT2D eigenvalue weighted by atomic mass is 9.49. The predicted octanol–water partition coefficient (Wildman–Crippen LogP) is 3.06. The number of allylic oxidation sites excluding steroid dienone is 1. The monoisotopic (exact) mass is 326 g/mol. The van der Waals surface area contributed by atoms with Crippen LogP contribution in [0.4, 0.5) is 0 Å². The van der Waals surface area contributed by atoms with Gasteiger partial charge in [0.25, 0.3) is 0 Å². The van der Waals surface area contributed by atoms with E-state index in [4.69, 9.17) is 6.42 Å². The molecule has 0 bridgehead atoms. The summed E-state index contributed by atoms with van der Waals surface area (Å²) in [5.41, 5.74) is -0.449. The van der Waals surface area contributed by atoms with Crippen LogP contribution in [0, 0.1) is 41.4 Å². The molecule has 6 atom stereocenters. The van der Waals surface area contributed by atoms with Crippen molar-refractivity contribution in [3.63, 3.8) is 0 Å². The summed E-state index contributed by atoms with van der Waals surface area (Å²) in [7, 11) is 0. The van der Waals surface area contributed by atoms with Gasteiger partial charge in [0.15, 0.2) is 11.6 Å². The second-order valence-corrected chi connectivity index (χ2v) is 8.36. The fourth-order valence-electron chi connectivity index (χ4n) is 6.76. The number of terminal acetylenes is 1. The first-order chi connectivity index (χ1) is 11.5. The van der Waals surface area contributed by atoms with Crippen molar-refractivity contribution in [2.24, 2.45) is 29.1 Å². The first-order valence-corrected chi connectivity index (χ1v) is 9.43. The summed E-state index contributed by atoms with van der Waals surface area (Å²) in [4.78, 5) is 24.5. The van der Waals surface area contributed by atoms with Crippen molar-refractivity contribution in [1.29, 1.82) is 0 Å². The molecule has 1 N–H and O–H groups in total. The Morgan fingerprint density at radius 1 is 1.25 bits per heavy atom. The normalized spacial score (nSPS) is 47.3. The molecule has 3 heteroatoms. The van der Waals surface area contributed by atoms with Gasteiger partial charge in [0.05, 0.1) is 0 Å². The van der Waals surface area contributed by atoms with Crippen molar-refractivity contribution < 1.29 is 14.7 Å². The van der Waals surface area contributed by atoms with Crippen LogP contribution in [0.5, 0.6) is 0 Å². The molecule has 0 amide bonds. The summed E-state index contributed by atoms with van der Waals surface area (Å²) in [6, 6.07) is 0. The molecule has 4 aliphatic carbocycles. The number of carbonyl (C=O) groups is 2. The molecule has 0 aliphatic heterocycles. The van der Waals surface area contributed by atoms with E-state index in [0.717, 1.165) is 37.7 Å². The lowest BCUT2D eigenvalue weighted by Crippen LogP contribution is -2.54. The highest BCUT2D eigenvalue weighted by atomic mass is 16.3. The molecule has 0 radical (unpaired) electrons. The van der Waals surface area contributed by atoms with Crippen LogP contribution in [-0.4, -0.2) is 22.3 Å². The maximum atomic E-state index is 12.7. The molecule has 128 valence electrons. The molecule has 4 aliphatic rings. The van der Waals surface area contributed by atoms with Gasteiger partial charge in [-0.05, 0) is 68.3 Å². The summed E-state index contributed by atoms with van der Waals surface area (Å²) in [6.45, 7) is 2.14. The summed E-state index contributed by atoms with van der Waals surface area (Å²) in [5.74, 6) is 4.38. The van der Waals surface area contributed by atoms with Gasteiger partial charge in [-0.15, -0.1) is 6.42 Å². The minimum Gasteiger partial charge on any atom is -0.377 e. The largest absolute Gasteiger partial charge is 0.377 e. The Balaban J connectivity index is 1.72. The van der Waals surface area contributed by atoms with Gasteiger partial charge in [-0.2, -0.15) is 0 Å². The molecule has 0 unspecified atom stereocenters. The Morgan fingerprint density at radius 2 is 2.04 bits per heavy atom. The van der Waals surface area contributed by atoms with Crippen molar-refractivity contribution in [3.05, 3.63) is 11.6 Å². The van der Waals surface area contributed by atoms with E-state index in [0.29, 0.717) is 37.0 Å². The maximum Gasteiger partial charge on any atom is 0.159 e. The molecule has 3 nitrogen and oxygen atoms in total. The van der Waals surface area contributed by atoms with Crippen molar-refractivity contribution in [3.8, 4) is 12.3 Å². The van der Waals surface area contributed by atoms with E-state index >= 15 is 0 Å². The first kappa shape index (κ1) is 16.1. The van der Waals surface area contributed by atoms with Crippen LogP contribution >= 0.6 is 0 Å². The molecule has 0 aromatic heterocycles. The van der Waals surface area contributed by atoms with Crippen molar-refractivity contribution in [2.45, 2.75) is 63.9 Å². The molecule has 0 aromatic carbocycles. The van der Waals surface area contributed by atoms with E-state index in [-0.39, 0.29) is 22.9 Å². The van der Waals surface area contributed by atoms with E-state index < -0.39 is 5.60 Å². The van der Waals surface area contributed by atoms with Gasteiger partial charge >= 0.3 is 0 Å². The molecule has 0 heterocycles. The Hall–Kier alpha value is -1.40. The highest BCUT2D eigenvalue weighted by Gasteiger charge is 2.64. The molecule has 24 heavy (non-hydrogen) atoms. The quantitative estimate of drug-likeness (QED) is 0.754. The summed E-state index contributed by atoms with van der Waals surface area (Å²) in [5, 5.41) is 11.1. The average Bonchev–Trinajstić information content (AvgIpc) is 2.89. The van der Waals surface area contributed by atoms with Crippen molar-refractivity contribution >= 4 is 11.6 Å². The predicted molar refractivity (Wildman–Crippen MR) is 90.9 cm³/mol. The summed E-state index contributed by atoms with van der Waals surface area (Å²) in [6.07, 6.45) is 13.7. The van der Waals surface area contributed by atoms with Gasteiger partial charge in [0.2, 0.25) is 0 Å². The van der Waals surface area contributed by atoms with Gasteiger partial charge in [-0.25, -0.2) is 0 Å². The second kappa shape index (κ2) is 5.30. The smallest absolute Gasteiger partial charge is 0.159 e. The number of carbonyl (C=O) groups excluding carboxylic acids is 2. The zero-order chi connectivity index (χ0) is 17.1. The van der Waals surface area contributed by atoms with Crippen LogP contribution < -0.4 is 0 Å². The number of aliphatic hydroxyl groups is 1. The van der Waals surface area contributed by atoms with Gasteiger partial charge in [0, 0.05) is 23.8 Å². The number of Topliss-reactive ketones (excluding diaryl/α,β-unsaturated/α-hetero) is 1. The van der Waals surface area contributed by atoms with Crippen LogP contribution in [-0.2, 0) is 9.59 Å². The van der Waals surface area contributed by atoms with Crippen LogP contribution in [0.2, 0.25) is 0 Å². The fraction of sp³-hybridized carbons (Fsp3) is 0.714. The number of hydrogen-bond donors (Lipinski definition) is 1. The average molecular weight is 326 g/mol. The zero-order valence-electron chi connectivity index (χ0n) is 14.4. The van der Waals surface area contributed by atoms with Crippen molar-refractivity contribution in [2.75, 3.05) is 0 Å². The lowest BCUT2D eigenvalue weighted by molar-refractivity contribution is -0.132. The Morgan fingerprint density at radius 3 is 2.75 bits per heavy atom. The standard InChI is InChI=1S/C21H26O3/c1-3-20-9-7-15-14-6-5-13(22)11-17(14)19(23)12-16(15)18(20)8-10-21(20,24)4-2/h2,11,14-16,18,24H,3,5-10,12H2,1H3/t14-,15-,16-,18+,20+,21+/m1/s1. The van der Waals surface area contributed by atoms with Gasteiger partial charge in [-0.3, -0.25) is 9.59 Å². The van der Waals surface area contributed by atoms with Crippen LogP contribution in [0.15, 0.2) is 11.6 Å². The highest BCUT2D eigenvalue weighted by Crippen LogP contribution is 2.65. The lowest BCUT2D eigenvalue weighted by Gasteiger charge is -2.55. The Labute approximate surface area is 143 Å². The van der Waals surface area contributed by atoms with Crippen LogP contribution in [0.25, 0.3) is 0 Å². The minimum atomic E-state index is -1.01. The van der Waals surface area contributed by atoms with Crippen molar-refractivity contribution in [1.82, 2.24) is 0 Å². The number of rotatable bonds is 1. The van der Waals surface area contributed by atoms with Gasteiger partial charge < -0.3 is 5.11 Å². The van der Waals surface area contributed by atoms with Gasteiger partial charge in [-0.1, -0.05) is 12.8 Å². The summed E-state index contributed by atoms with van der Waals surface area (Å²) < 4.78 is 0. The number of fused-ring (bicyclic) bond motifs is 5. The van der Waals surface area contributed by atoms with E-state index in [1.165, 1.54) is 0 Å². The third-order valence-electron chi connectivity index (χ3n) is 7.89. The second-order valence-electron chi connectivity index (χ2n) is 8.36. The molecule has 0 saturated heterocycles. The topological polar surface area (TPSA) is 54.4 Å². The SMILES string of the molecule is C#C[C@]1(O)CC[C@H]2[C@@H]3CC(=O)C4=CC(=O)CC[C@@H]4[C@H]3CC[C@@]21CC. The van der Waals surface area contributed by atoms with E-state index in [1.807, 2.05) is 0 Å². The number of ketones is 2. The molecule has 3 saturated carbocycles. The van der Waals surface area contributed by atoms with Gasteiger partial charge in [0.1, 0.15) is 5.60 Å². The zero-order valence-corrected chi connectivity index (χ0v) is 14.4. The first-order valence-electron chi connectivity index (χ1n) is 9.43. The van der Waals surface area contributed by atoms with E-state index in [9.17, 15) is 14.7 Å². The van der Waals surface area contributed by atoms with E-state index in [2.05, 4.69) is 12.8 Å². The molecule has 0 spiro atoms. The van der Waals surface area contributed by atoms with E-state index in [1.54, 1.807) is 6.08 Å². The molecule has 4 rings (SSSR count). The Kier molecular flexibility index (Phi) is 3.55. The molecular weight excluding hydrogens is 300 g/mol. The van der Waals surface area contributed by atoms with Crippen LogP contribution in [0.3, 0.4) is 0 Å². The third kappa shape index (κ3) is 1.90. The Bertz CT molecular complexity index is 669. The fourth-order valence-corrected chi connectivity index (χ4v) is 6.76. The minimum absolute atomic E-state index is 0.106. The third-order valence-corrected chi connectivity index (χ3v) is 7.89. The maximum absolute atomic E-state index is 12.7. The van der Waals surface area contributed by atoms with Crippen LogP contribution in [0.1, 0.15) is 58.3 Å². The number of hydrogen-bond acceptors (Lipinski definition) is 3. The molecule has 3 fully saturated rings. The highest BCUT2D eigenvalue weighted by molar-refractivity contribution is 6.05. The molecular formula is C21H26O3.